The molecule has 5 nitrogen and oxygen atoms in total. The molecule has 0 spiro atoms. The van der Waals surface area contributed by atoms with Gasteiger partial charge in [-0.15, -0.1) is 0 Å². The number of hydrogen-bond acceptors (Lipinski definition) is 5. The summed E-state index contributed by atoms with van der Waals surface area (Å²) in [5.74, 6) is -0.650. The molecular weight excluding hydrogens is 265 g/mol. The molecule has 19 heavy (non-hydrogen) atoms. The maximum Gasteiger partial charge on any atom is 0.374 e. The molecule has 0 saturated heterocycles. The fraction of sp³-hybridized carbons (Fsp3) is 0.462. The number of rotatable bonds is 6. The maximum atomic E-state index is 12.5. The van der Waals surface area contributed by atoms with E-state index in [-0.39, 0.29) is 0 Å². The highest BCUT2D eigenvalue weighted by atomic mass is 31.2. The Balaban J connectivity index is 2.09. The van der Waals surface area contributed by atoms with Gasteiger partial charge in [-0.3, -0.25) is 4.57 Å². The van der Waals surface area contributed by atoms with Gasteiger partial charge in [-0.2, -0.15) is 0 Å². The summed E-state index contributed by atoms with van der Waals surface area (Å²) in [5, 5.41) is 4.00. The molecule has 0 bridgehead atoms. The van der Waals surface area contributed by atoms with Crippen molar-refractivity contribution < 1.29 is 18.5 Å². The van der Waals surface area contributed by atoms with Crippen molar-refractivity contribution in [3.05, 3.63) is 35.9 Å². The van der Waals surface area contributed by atoms with Crippen LogP contribution >= 0.6 is 7.60 Å². The Morgan fingerprint density at radius 1 is 1.26 bits per heavy atom. The van der Waals surface area contributed by atoms with Crippen LogP contribution in [0.4, 0.5) is 0 Å². The summed E-state index contributed by atoms with van der Waals surface area (Å²) in [6, 6.07) is 9.67. The molecular formula is C13H18NO4P. The summed E-state index contributed by atoms with van der Waals surface area (Å²) < 4.78 is 23.1. The van der Waals surface area contributed by atoms with Gasteiger partial charge in [-0.1, -0.05) is 35.5 Å². The largest absolute Gasteiger partial charge is 0.379 e. The van der Waals surface area contributed by atoms with Crippen LogP contribution in [0.3, 0.4) is 0 Å². The van der Waals surface area contributed by atoms with E-state index in [1.54, 1.807) is 13.8 Å². The summed E-state index contributed by atoms with van der Waals surface area (Å²) in [5.41, 5.74) is 1.73. The third-order valence-electron chi connectivity index (χ3n) is 2.73. The highest BCUT2D eigenvalue weighted by molar-refractivity contribution is 7.54. The zero-order valence-electron chi connectivity index (χ0n) is 11.1. The predicted octanol–water partition coefficient (Wildman–Crippen LogP) is 3.40. The van der Waals surface area contributed by atoms with Crippen LogP contribution in [-0.2, 0) is 18.5 Å². The molecule has 1 unspecified atom stereocenters. The summed E-state index contributed by atoms with van der Waals surface area (Å²) in [6.45, 7) is 4.19. The number of nitrogens with zero attached hydrogens (tertiary/aromatic N) is 1. The number of oxime groups is 1. The molecule has 6 heteroatoms. The Hall–Kier alpha value is -1.16. The minimum absolute atomic E-state index is 0.317. The van der Waals surface area contributed by atoms with E-state index in [0.29, 0.717) is 19.6 Å². The molecule has 1 heterocycles. The predicted molar refractivity (Wildman–Crippen MR) is 73.3 cm³/mol. The van der Waals surface area contributed by atoms with Crippen LogP contribution in [0.5, 0.6) is 0 Å². The molecule has 0 amide bonds. The highest BCUT2D eigenvalue weighted by Crippen LogP contribution is 2.56. The van der Waals surface area contributed by atoms with Crippen molar-refractivity contribution in [3.8, 4) is 0 Å². The van der Waals surface area contributed by atoms with Crippen LogP contribution in [0.1, 0.15) is 25.8 Å². The number of hydrogen-bond donors (Lipinski definition) is 0. The Morgan fingerprint density at radius 2 is 1.89 bits per heavy atom. The molecule has 0 radical (unpaired) electrons. The van der Waals surface area contributed by atoms with Crippen LogP contribution in [0.2, 0.25) is 0 Å². The quantitative estimate of drug-likeness (QED) is 0.751. The van der Waals surface area contributed by atoms with E-state index in [2.05, 4.69) is 5.16 Å². The van der Waals surface area contributed by atoms with E-state index in [9.17, 15) is 4.57 Å². The summed E-state index contributed by atoms with van der Waals surface area (Å²) in [4.78, 5) is 5.27. The second-order valence-corrected chi connectivity index (χ2v) is 6.22. The lowest BCUT2D eigenvalue weighted by atomic mass is 10.1. The SMILES string of the molecule is CCOP(=O)(OCC)C1CC(c2ccccc2)=NO1. The van der Waals surface area contributed by atoms with Crippen LogP contribution in [0.15, 0.2) is 35.5 Å². The highest BCUT2D eigenvalue weighted by Gasteiger charge is 2.42. The molecule has 0 saturated carbocycles. The number of benzene rings is 1. The van der Waals surface area contributed by atoms with E-state index in [4.69, 9.17) is 13.9 Å². The fourth-order valence-corrected chi connectivity index (χ4v) is 3.58. The van der Waals surface area contributed by atoms with Gasteiger partial charge in [0.2, 0.25) is 5.85 Å². The maximum absolute atomic E-state index is 12.5. The zero-order valence-corrected chi connectivity index (χ0v) is 12.0. The van der Waals surface area contributed by atoms with Crippen LogP contribution in [0.25, 0.3) is 0 Å². The van der Waals surface area contributed by atoms with Crippen LogP contribution in [0, 0.1) is 0 Å². The molecule has 0 fully saturated rings. The van der Waals surface area contributed by atoms with Crippen LogP contribution in [-0.4, -0.2) is 24.8 Å². The van der Waals surface area contributed by atoms with Crippen molar-refractivity contribution in [3.63, 3.8) is 0 Å². The smallest absolute Gasteiger partial charge is 0.374 e. The lowest BCUT2D eigenvalue weighted by molar-refractivity contribution is 0.0959. The third-order valence-corrected chi connectivity index (χ3v) is 4.95. The van der Waals surface area contributed by atoms with Crippen molar-refractivity contribution in [2.24, 2.45) is 5.16 Å². The van der Waals surface area contributed by atoms with Gasteiger partial charge >= 0.3 is 7.60 Å². The van der Waals surface area contributed by atoms with Crippen molar-refractivity contribution in [2.45, 2.75) is 26.1 Å². The molecule has 0 aromatic heterocycles. The van der Waals surface area contributed by atoms with Gasteiger partial charge in [0.05, 0.1) is 18.9 Å². The van der Waals surface area contributed by atoms with E-state index in [1.165, 1.54) is 0 Å². The first-order valence-corrected chi connectivity index (χ1v) is 7.97. The zero-order chi connectivity index (χ0) is 13.7. The first kappa shape index (κ1) is 14.3. The molecule has 1 aromatic carbocycles. The monoisotopic (exact) mass is 283 g/mol. The summed E-state index contributed by atoms with van der Waals surface area (Å²) in [7, 11) is -3.26. The van der Waals surface area contributed by atoms with Gasteiger partial charge in [-0.05, 0) is 19.4 Å². The summed E-state index contributed by atoms with van der Waals surface area (Å²) in [6.07, 6.45) is 0.432. The van der Waals surface area contributed by atoms with Gasteiger partial charge in [0, 0.05) is 6.42 Å². The molecule has 1 atom stereocenters. The van der Waals surface area contributed by atoms with Crippen molar-refractivity contribution >= 4 is 13.3 Å². The van der Waals surface area contributed by atoms with Crippen molar-refractivity contribution in [1.29, 1.82) is 0 Å². The minimum Gasteiger partial charge on any atom is -0.379 e. The molecule has 104 valence electrons. The van der Waals surface area contributed by atoms with Gasteiger partial charge in [-0.25, -0.2) is 0 Å². The second kappa shape index (κ2) is 6.33. The fourth-order valence-electron chi connectivity index (χ4n) is 1.90. The van der Waals surface area contributed by atoms with Crippen LogP contribution < -0.4 is 0 Å². The molecule has 2 rings (SSSR count). The Morgan fingerprint density at radius 3 is 2.47 bits per heavy atom. The van der Waals surface area contributed by atoms with Crippen molar-refractivity contribution in [2.75, 3.05) is 13.2 Å². The van der Waals surface area contributed by atoms with Crippen molar-refractivity contribution in [1.82, 2.24) is 0 Å². The van der Waals surface area contributed by atoms with E-state index < -0.39 is 13.4 Å². The average molecular weight is 283 g/mol. The molecule has 0 aliphatic carbocycles. The average Bonchev–Trinajstić information content (AvgIpc) is 2.90. The van der Waals surface area contributed by atoms with E-state index in [0.717, 1.165) is 11.3 Å². The standard InChI is InChI=1S/C13H18NO4P/c1-3-16-19(15,17-4-2)13-10-12(14-18-13)11-8-6-5-7-9-11/h5-9,13H,3-4,10H2,1-2H3. The Labute approximate surface area is 113 Å². The van der Waals surface area contributed by atoms with E-state index in [1.807, 2.05) is 30.3 Å². The lowest BCUT2D eigenvalue weighted by Crippen LogP contribution is -2.14. The Bertz CT molecular complexity index is 479. The van der Waals surface area contributed by atoms with Gasteiger partial charge in [0.1, 0.15) is 0 Å². The van der Waals surface area contributed by atoms with Gasteiger partial charge in [0.15, 0.2) is 0 Å². The molecule has 0 N–H and O–H groups in total. The first-order chi connectivity index (χ1) is 9.19. The van der Waals surface area contributed by atoms with Gasteiger partial charge in [0.25, 0.3) is 0 Å². The topological polar surface area (TPSA) is 57.1 Å². The first-order valence-electron chi connectivity index (χ1n) is 6.36. The normalized spacial score (nSPS) is 19.1. The molecule has 1 aromatic rings. The molecule has 1 aliphatic heterocycles. The third kappa shape index (κ3) is 3.24. The summed E-state index contributed by atoms with van der Waals surface area (Å²) >= 11 is 0. The van der Waals surface area contributed by atoms with E-state index >= 15 is 0 Å². The minimum atomic E-state index is -3.26. The molecule has 1 aliphatic rings. The van der Waals surface area contributed by atoms with Gasteiger partial charge < -0.3 is 13.9 Å². The Kier molecular flexibility index (Phi) is 4.75. The lowest BCUT2D eigenvalue weighted by Gasteiger charge is -2.20. The second-order valence-electron chi connectivity index (χ2n) is 4.04.